The molecule has 118 valence electrons. The zero-order chi connectivity index (χ0) is 16.1. The van der Waals surface area contributed by atoms with E-state index in [2.05, 4.69) is 5.32 Å². The molecule has 1 aliphatic heterocycles. The van der Waals surface area contributed by atoms with Crippen molar-refractivity contribution in [3.8, 4) is 5.75 Å². The second-order valence-corrected chi connectivity index (χ2v) is 6.63. The van der Waals surface area contributed by atoms with Crippen LogP contribution in [-0.4, -0.2) is 28.6 Å². The van der Waals surface area contributed by atoms with Crippen LogP contribution in [0.1, 0.15) is 36.5 Å². The maximum Gasteiger partial charge on any atom is 0.329 e. The van der Waals surface area contributed by atoms with E-state index in [9.17, 15) is 14.7 Å². The smallest absolute Gasteiger partial charge is 0.329 e. The zero-order valence-electron chi connectivity index (χ0n) is 13.1. The van der Waals surface area contributed by atoms with Crippen LogP contribution in [0.15, 0.2) is 12.1 Å². The van der Waals surface area contributed by atoms with E-state index in [-0.39, 0.29) is 11.8 Å². The molecular weight excluding hydrogens is 282 g/mol. The molecule has 1 aromatic carbocycles. The lowest BCUT2D eigenvalue weighted by atomic mass is 9.95. The summed E-state index contributed by atoms with van der Waals surface area (Å²) in [5.41, 5.74) is 2.10. The predicted octanol–water partition coefficient (Wildman–Crippen LogP) is 1.98. The van der Waals surface area contributed by atoms with Crippen molar-refractivity contribution in [3.63, 3.8) is 0 Å². The van der Waals surface area contributed by atoms with Gasteiger partial charge in [0.05, 0.1) is 0 Å². The molecule has 0 saturated heterocycles. The Balaban J connectivity index is 1.73. The fourth-order valence-corrected chi connectivity index (χ4v) is 2.99. The van der Waals surface area contributed by atoms with Gasteiger partial charge in [-0.1, -0.05) is 6.07 Å². The first kappa shape index (κ1) is 14.9. The third-order valence-electron chi connectivity index (χ3n) is 4.86. The van der Waals surface area contributed by atoms with Crippen LogP contribution >= 0.6 is 0 Å². The minimum atomic E-state index is -1.19. The van der Waals surface area contributed by atoms with Gasteiger partial charge >= 0.3 is 5.97 Å². The molecule has 0 bridgehead atoms. The van der Waals surface area contributed by atoms with Crippen LogP contribution < -0.4 is 10.1 Å². The van der Waals surface area contributed by atoms with Crippen LogP contribution in [0.3, 0.4) is 0 Å². The molecular formula is C17H21NO4. The Hall–Kier alpha value is -2.04. The molecule has 1 aliphatic carbocycles. The van der Waals surface area contributed by atoms with Gasteiger partial charge in [0.1, 0.15) is 11.3 Å². The first-order chi connectivity index (χ1) is 10.3. The molecule has 1 fully saturated rings. The van der Waals surface area contributed by atoms with Gasteiger partial charge in [-0.3, -0.25) is 4.79 Å². The Bertz CT molecular complexity index is 619. The predicted molar refractivity (Wildman–Crippen MR) is 80.9 cm³/mol. The van der Waals surface area contributed by atoms with Crippen molar-refractivity contribution in [3.05, 3.63) is 28.8 Å². The molecule has 0 spiro atoms. The zero-order valence-corrected chi connectivity index (χ0v) is 13.1. The first-order valence-electron chi connectivity index (χ1n) is 7.63. The lowest BCUT2D eigenvalue weighted by Gasteiger charge is -2.27. The van der Waals surface area contributed by atoms with Crippen molar-refractivity contribution in [2.45, 2.75) is 51.7 Å². The van der Waals surface area contributed by atoms with E-state index < -0.39 is 17.6 Å². The van der Waals surface area contributed by atoms with Crippen LogP contribution in [-0.2, 0) is 16.0 Å². The number of carboxylic acid groups (broad SMARTS) is 1. The van der Waals surface area contributed by atoms with Gasteiger partial charge in [0.2, 0.25) is 0 Å². The number of carbonyl (C=O) groups is 2. The minimum Gasteiger partial charge on any atom is -0.480 e. The third kappa shape index (κ3) is 2.45. The van der Waals surface area contributed by atoms with Crippen LogP contribution in [0, 0.1) is 19.8 Å². The Kier molecular flexibility index (Phi) is 3.38. The number of fused-ring (bicyclic) bond motifs is 1. The summed E-state index contributed by atoms with van der Waals surface area (Å²) in [6.07, 6.45) is 1.52. The molecule has 2 N–H and O–H groups in total. The second kappa shape index (κ2) is 5.00. The van der Waals surface area contributed by atoms with Gasteiger partial charge in [-0.05, 0) is 62.3 Å². The number of rotatable bonds is 4. The third-order valence-corrected chi connectivity index (χ3v) is 4.86. The second-order valence-electron chi connectivity index (χ2n) is 6.63. The number of nitrogens with one attached hydrogen (secondary N) is 1. The van der Waals surface area contributed by atoms with E-state index in [4.69, 9.17) is 4.74 Å². The summed E-state index contributed by atoms with van der Waals surface area (Å²) in [6, 6.07) is 3.98. The van der Waals surface area contributed by atoms with Gasteiger partial charge in [0.25, 0.3) is 5.91 Å². The molecule has 3 rings (SSSR count). The highest BCUT2D eigenvalue weighted by atomic mass is 16.5. The normalized spacial score (nSPS) is 22.4. The number of hydrogen-bond acceptors (Lipinski definition) is 3. The van der Waals surface area contributed by atoms with E-state index in [1.54, 1.807) is 6.92 Å². The molecule has 1 heterocycles. The summed E-state index contributed by atoms with van der Waals surface area (Å²) >= 11 is 0. The van der Waals surface area contributed by atoms with Gasteiger partial charge < -0.3 is 15.2 Å². The number of hydrogen-bond donors (Lipinski definition) is 2. The van der Waals surface area contributed by atoms with Crippen molar-refractivity contribution < 1.29 is 19.4 Å². The highest BCUT2D eigenvalue weighted by Gasteiger charge is 2.49. The van der Waals surface area contributed by atoms with E-state index >= 15 is 0 Å². The van der Waals surface area contributed by atoms with Crippen molar-refractivity contribution >= 4 is 11.9 Å². The number of aryl methyl sites for hydroxylation is 2. The topological polar surface area (TPSA) is 75.6 Å². The molecule has 5 nitrogen and oxygen atoms in total. The summed E-state index contributed by atoms with van der Waals surface area (Å²) in [5, 5.41) is 12.1. The fraction of sp³-hybridized carbons (Fsp3) is 0.529. The Morgan fingerprint density at radius 3 is 2.50 bits per heavy atom. The lowest BCUT2D eigenvalue weighted by Crippen LogP contribution is -2.57. The molecule has 2 aliphatic rings. The molecule has 0 radical (unpaired) electrons. The average Bonchev–Trinajstić information content (AvgIpc) is 3.22. The summed E-state index contributed by atoms with van der Waals surface area (Å²) in [5.74, 6) is -0.581. The maximum atomic E-state index is 12.4. The largest absolute Gasteiger partial charge is 0.480 e. The van der Waals surface area contributed by atoms with E-state index in [1.165, 1.54) is 0 Å². The lowest BCUT2D eigenvalue weighted by molar-refractivity contribution is -0.149. The molecule has 5 heteroatoms. The standard InChI is InChI=1S/C17H21NO4/c1-9-6-11-8-14(22-13(11)7-10(9)2)15(19)18-17(3,16(20)21)12-4-5-12/h6-7,12,14H,4-5,8H2,1-3H3,(H,18,19)(H,20,21)/t14-,17+/m0/s1. The van der Waals surface area contributed by atoms with E-state index in [1.807, 2.05) is 26.0 Å². The van der Waals surface area contributed by atoms with Crippen LogP contribution in [0.5, 0.6) is 5.75 Å². The molecule has 0 aromatic heterocycles. The summed E-state index contributed by atoms with van der Waals surface area (Å²) in [6.45, 7) is 5.61. The van der Waals surface area contributed by atoms with E-state index in [0.717, 1.165) is 35.3 Å². The van der Waals surface area contributed by atoms with Gasteiger partial charge in [-0.25, -0.2) is 4.79 Å². The molecule has 1 amide bonds. The van der Waals surface area contributed by atoms with Gasteiger partial charge in [-0.2, -0.15) is 0 Å². The number of ether oxygens (including phenoxy) is 1. The molecule has 0 unspecified atom stereocenters. The molecule has 1 saturated carbocycles. The Morgan fingerprint density at radius 2 is 1.91 bits per heavy atom. The Morgan fingerprint density at radius 1 is 1.27 bits per heavy atom. The number of amides is 1. The molecule has 1 aromatic rings. The van der Waals surface area contributed by atoms with Crippen molar-refractivity contribution in [1.29, 1.82) is 0 Å². The maximum absolute atomic E-state index is 12.4. The van der Waals surface area contributed by atoms with Gasteiger partial charge in [0, 0.05) is 6.42 Å². The molecule has 2 atom stereocenters. The minimum absolute atomic E-state index is 0.0159. The number of benzene rings is 1. The van der Waals surface area contributed by atoms with E-state index in [0.29, 0.717) is 6.42 Å². The van der Waals surface area contributed by atoms with Crippen molar-refractivity contribution in [1.82, 2.24) is 5.32 Å². The van der Waals surface area contributed by atoms with Crippen molar-refractivity contribution in [2.24, 2.45) is 5.92 Å². The van der Waals surface area contributed by atoms with Crippen LogP contribution in [0.25, 0.3) is 0 Å². The first-order valence-corrected chi connectivity index (χ1v) is 7.63. The molecule has 22 heavy (non-hydrogen) atoms. The van der Waals surface area contributed by atoms with Crippen molar-refractivity contribution in [2.75, 3.05) is 0 Å². The van der Waals surface area contributed by atoms with Gasteiger partial charge in [-0.15, -0.1) is 0 Å². The summed E-state index contributed by atoms with van der Waals surface area (Å²) in [4.78, 5) is 23.9. The Labute approximate surface area is 129 Å². The monoisotopic (exact) mass is 303 g/mol. The SMILES string of the molecule is Cc1cc2c(cc1C)O[C@H](C(=O)N[C@@](C)(C(=O)O)C1CC1)C2. The quantitative estimate of drug-likeness (QED) is 0.892. The highest BCUT2D eigenvalue weighted by Crippen LogP contribution is 2.40. The van der Waals surface area contributed by atoms with Crippen LogP contribution in [0.4, 0.5) is 0 Å². The number of carboxylic acids is 1. The summed E-state index contributed by atoms with van der Waals surface area (Å²) in [7, 11) is 0. The van der Waals surface area contributed by atoms with Crippen LogP contribution in [0.2, 0.25) is 0 Å². The number of carbonyl (C=O) groups excluding carboxylic acids is 1. The average molecular weight is 303 g/mol. The summed E-state index contributed by atoms with van der Waals surface area (Å²) < 4.78 is 5.73. The highest BCUT2D eigenvalue weighted by molar-refractivity contribution is 5.90. The fourth-order valence-electron chi connectivity index (χ4n) is 2.99. The number of aliphatic carboxylic acids is 1. The van der Waals surface area contributed by atoms with Gasteiger partial charge in [0.15, 0.2) is 6.10 Å².